The van der Waals surface area contributed by atoms with Crippen LogP contribution < -0.4 is 5.73 Å². The van der Waals surface area contributed by atoms with Crippen molar-refractivity contribution in [3.63, 3.8) is 0 Å². The molecule has 0 aliphatic heterocycles. The maximum atomic E-state index is 5.66. The summed E-state index contributed by atoms with van der Waals surface area (Å²) in [4.78, 5) is 1.25. The van der Waals surface area contributed by atoms with Crippen molar-refractivity contribution >= 4 is 27.7 Å². The molecule has 72 valence electrons. The topological polar surface area (TPSA) is 26.0 Å². The highest BCUT2D eigenvalue weighted by Gasteiger charge is 2.16. The number of rotatable bonds is 3. The summed E-state index contributed by atoms with van der Waals surface area (Å²) in [6.45, 7) is 4.99. The molecule has 0 aliphatic rings. The third-order valence-electron chi connectivity index (χ3n) is 1.68. The molecule has 0 aliphatic carbocycles. The number of nitrogens with two attached hydrogens (primary N) is 1. The van der Waals surface area contributed by atoms with Crippen molar-refractivity contribution < 1.29 is 0 Å². The highest BCUT2D eigenvalue weighted by atomic mass is 79.9. The first-order valence-corrected chi connectivity index (χ1v) is 5.79. The molecule has 13 heavy (non-hydrogen) atoms. The number of hydrogen-bond donors (Lipinski definition) is 1. The van der Waals surface area contributed by atoms with Gasteiger partial charge in [0.05, 0.1) is 0 Å². The summed E-state index contributed by atoms with van der Waals surface area (Å²) in [6.07, 6.45) is 0. The molecule has 0 amide bonds. The van der Waals surface area contributed by atoms with Crippen molar-refractivity contribution in [2.75, 3.05) is 6.54 Å². The van der Waals surface area contributed by atoms with Crippen LogP contribution in [0.3, 0.4) is 0 Å². The van der Waals surface area contributed by atoms with E-state index in [1.807, 2.05) is 12.1 Å². The summed E-state index contributed by atoms with van der Waals surface area (Å²) >= 11 is 5.25. The quantitative estimate of drug-likeness (QED) is 0.844. The van der Waals surface area contributed by atoms with Gasteiger partial charge in [-0.25, -0.2) is 0 Å². The van der Waals surface area contributed by atoms with Crippen LogP contribution in [0.2, 0.25) is 0 Å². The zero-order valence-corrected chi connectivity index (χ0v) is 10.3. The van der Waals surface area contributed by atoms with Crippen LogP contribution in [0.1, 0.15) is 13.8 Å². The van der Waals surface area contributed by atoms with E-state index < -0.39 is 0 Å². The van der Waals surface area contributed by atoms with Gasteiger partial charge in [-0.1, -0.05) is 22.0 Å². The van der Waals surface area contributed by atoms with Crippen molar-refractivity contribution in [2.24, 2.45) is 5.73 Å². The standard InChI is InChI=1S/C10H14BrNS/c1-10(2,7-12)13-9-5-3-4-8(11)6-9/h3-6H,7,12H2,1-2H3. The van der Waals surface area contributed by atoms with Crippen LogP contribution in [0.25, 0.3) is 0 Å². The molecule has 0 radical (unpaired) electrons. The lowest BCUT2D eigenvalue weighted by Crippen LogP contribution is -2.26. The number of thioether (sulfide) groups is 1. The monoisotopic (exact) mass is 259 g/mol. The Hall–Kier alpha value is 0.01000. The molecule has 2 N–H and O–H groups in total. The van der Waals surface area contributed by atoms with Crippen molar-refractivity contribution in [3.05, 3.63) is 28.7 Å². The molecule has 0 heterocycles. The average Bonchev–Trinajstić information content (AvgIpc) is 2.03. The molecule has 0 saturated heterocycles. The third kappa shape index (κ3) is 3.71. The van der Waals surface area contributed by atoms with Gasteiger partial charge in [-0.3, -0.25) is 0 Å². The van der Waals surface area contributed by atoms with Crippen LogP contribution >= 0.6 is 27.7 Å². The number of hydrogen-bond acceptors (Lipinski definition) is 2. The Morgan fingerprint density at radius 3 is 2.69 bits per heavy atom. The molecule has 0 spiro atoms. The second-order valence-electron chi connectivity index (χ2n) is 3.52. The molecule has 1 aromatic rings. The molecular formula is C10H14BrNS. The van der Waals surface area contributed by atoms with E-state index in [0.29, 0.717) is 6.54 Å². The minimum atomic E-state index is 0.112. The predicted octanol–water partition coefficient (Wildman–Crippen LogP) is 3.28. The SMILES string of the molecule is CC(C)(CN)Sc1cccc(Br)c1. The van der Waals surface area contributed by atoms with E-state index in [0.717, 1.165) is 4.47 Å². The summed E-state index contributed by atoms with van der Waals surface area (Å²) in [6, 6.07) is 8.29. The lowest BCUT2D eigenvalue weighted by atomic mass is 10.2. The Morgan fingerprint density at radius 2 is 2.15 bits per heavy atom. The zero-order valence-electron chi connectivity index (χ0n) is 7.88. The first kappa shape index (κ1) is 11.1. The van der Waals surface area contributed by atoms with Crippen LogP contribution in [0.5, 0.6) is 0 Å². The van der Waals surface area contributed by atoms with E-state index >= 15 is 0 Å². The van der Waals surface area contributed by atoms with Crippen LogP contribution in [0.4, 0.5) is 0 Å². The maximum absolute atomic E-state index is 5.66. The van der Waals surface area contributed by atoms with Gasteiger partial charge in [0.2, 0.25) is 0 Å². The highest BCUT2D eigenvalue weighted by Crippen LogP contribution is 2.32. The van der Waals surface area contributed by atoms with E-state index in [1.54, 1.807) is 11.8 Å². The molecule has 1 nitrogen and oxygen atoms in total. The molecule has 0 unspecified atom stereocenters. The molecule has 0 fully saturated rings. The van der Waals surface area contributed by atoms with Crippen LogP contribution in [0.15, 0.2) is 33.6 Å². The molecule has 0 atom stereocenters. The fourth-order valence-corrected chi connectivity index (χ4v) is 2.50. The van der Waals surface area contributed by atoms with Crippen molar-refractivity contribution in [1.82, 2.24) is 0 Å². The second kappa shape index (κ2) is 4.49. The Labute approximate surface area is 92.2 Å². The summed E-state index contributed by atoms with van der Waals surface area (Å²) < 4.78 is 1.23. The zero-order chi connectivity index (χ0) is 9.90. The summed E-state index contributed by atoms with van der Waals surface area (Å²) in [5, 5.41) is 0. The van der Waals surface area contributed by atoms with Crippen molar-refractivity contribution in [2.45, 2.75) is 23.5 Å². The van der Waals surface area contributed by atoms with E-state index in [2.05, 4.69) is 41.9 Å². The van der Waals surface area contributed by atoms with Gasteiger partial charge in [0.15, 0.2) is 0 Å². The normalized spacial score (nSPS) is 11.7. The van der Waals surface area contributed by atoms with E-state index in [-0.39, 0.29) is 4.75 Å². The third-order valence-corrected chi connectivity index (χ3v) is 3.38. The van der Waals surface area contributed by atoms with Gasteiger partial charge in [-0.15, -0.1) is 11.8 Å². The highest BCUT2D eigenvalue weighted by molar-refractivity contribution is 9.10. The molecule has 1 aromatic carbocycles. The molecule has 1 rings (SSSR count). The van der Waals surface area contributed by atoms with Gasteiger partial charge in [0.1, 0.15) is 0 Å². The minimum Gasteiger partial charge on any atom is -0.329 e. The Kier molecular flexibility index (Phi) is 3.83. The Balaban J connectivity index is 2.74. The fourth-order valence-electron chi connectivity index (χ4n) is 0.891. The van der Waals surface area contributed by atoms with Gasteiger partial charge in [-0.2, -0.15) is 0 Å². The lowest BCUT2D eigenvalue weighted by molar-refractivity contribution is 0.723. The fraction of sp³-hybridized carbons (Fsp3) is 0.400. The first-order valence-electron chi connectivity index (χ1n) is 4.18. The summed E-state index contributed by atoms with van der Waals surface area (Å²) in [5.74, 6) is 0. The van der Waals surface area contributed by atoms with Gasteiger partial charge < -0.3 is 5.73 Å². The van der Waals surface area contributed by atoms with E-state index in [1.165, 1.54) is 4.90 Å². The lowest BCUT2D eigenvalue weighted by Gasteiger charge is -2.21. The predicted molar refractivity (Wildman–Crippen MR) is 63.1 cm³/mol. The second-order valence-corrected chi connectivity index (χ2v) is 6.22. The van der Waals surface area contributed by atoms with Crippen LogP contribution in [0, 0.1) is 0 Å². The molecule has 0 aromatic heterocycles. The van der Waals surface area contributed by atoms with E-state index in [4.69, 9.17) is 5.73 Å². The van der Waals surface area contributed by atoms with Crippen LogP contribution in [-0.4, -0.2) is 11.3 Å². The molecule has 0 bridgehead atoms. The van der Waals surface area contributed by atoms with Gasteiger partial charge in [0.25, 0.3) is 0 Å². The number of halogens is 1. The Bertz CT molecular complexity index is 286. The molecule has 3 heteroatoms. The summed E-state index contributed by atoms with van der Waals surface area (Å²) in [7, 11) is 0. The van der Waals surface area contributed by atoms with E-state index in [9.17, 15) is 0 Å². The molecular weight excluding hydrogens is 246 g/mol. The smallest absolute Gasteiger partial charge is 0.0273 e. The average molecular weight is 260 g/mol. The summed E-state index contributed by atoms with van der Waals surface area (Å²) in [5.41, 5.74) is 5.66. The van der Waals surface area contributed by atoms with Gasteiger partial charge in [-0.05, 0) is 32.0 Å². The van der Waals surface area contributed by atoms with Crippen LogP contribution in [-0.2, 0) is 0 Å². The van der Waals surface area contributed by atoms with Gasteiger partial charge in [0, 0.05) is 20.7 Å². The largest absolute Gasteiger partial charge is 0.329 e. The minimum absolute atomic E-state index is 0.112. The Morgan fingerprint density at radius 1 is 1.46 bits per heavy atom. The molecule has 0 saturated carbocycles. The van der Waals surface area contributed by atoms with Crippen molar-refractivity contribution in [1.29, 1.82) is 0 Å². The number of benzene rings is 1. The first-order chi connectivity index (χ1) is 6.03. The maximum Gasteiger partial charge on any atom is 0.0273 e. The van der Waals surface area contributed by atoms with Gasteiger partial charge >= 0.3 is 0 Å². The van der Waals surface area contributed by atoms with Crippen molar-refractivity contribution in [3.8, 4) is 0 Å².